The molecule has 0 aliphatic carbocycles. The van der Waals surface area contributed by atoms with E-state index in [1.54, 1.807) is 0 Å². The van der Waals surface area contributed by atoms with E-state index in [0.717, 1.165) is 19.3 Å². The third-order valence-corrected chi connectivity index (χ3v) is 1.73. The van der Waals surface area contributed by atoms with Gasteiger partial charge >= 0.3 is 21.7 Å². The fourth-order valence-electron chi connectivity index (χ4n) is 0.939. The van der Waals surface area contributed by atoms with Gasteiger partial charge in [0.15, 0.2) is 0 Å². The Balaban J connectivity index is -0.000000405. The summed E-state index contributed by atoms with van der Waals surface area (Å²) in [5.41, 5.74) is 0. The third-order valence-electron chi connectivity index (χ3n) is 1.73. The van der Waals surface area contributed by atoms with Crippen LogP contribution in [0.15, 0.2) is 0 Å². The first kappa shape index (κ1) is 18.3. The van der Waals surface area contributed by atoms with E-state index in [2.05, 4.69) is 6.92 Å². The number of hydrogen-bond acceptors (Lipinski definition) is 2. The second kappa shape index (κ2) is 11.5. The van der Waals surface area contributed by atoms with Crippen LogP contribution in [-0.2, 0) is 26.5 Å². The molecule has 0 saturated carbocycles. The van der Waals surface area contributed by atoms with E-state index < -0.39 is 5.97 Å². The van der Waals surface area contributed by atoms with Crippen LogP contribution in [0, 0.1) is 5.92 Å². The van der Waals surface area contributed by atoms with Gasteiger partial charge in [-0.3, -0.25) is 0 Å². The third kappa shape index (κ3) is 8.57. The average Bonchev–Trinajstić information content (AvgIpc) is 1.89. The van der Waals surface area contributed by atoms with Gasteiger partial charge < -0.3 is 22.3 Å². The maximum Gasteiger partial charge on any atom is 2.00 e. The summed E-state index contributed by atoms with van der Waals surface area (Å²) in [5.74, 6) is -1.11. The zero-order valence-electron chi connectivity index (χ0n) is 7.60. The van der Waals surface area contributed by atoms with Crippen LogP contribution in [0.1, 0.15) is 39.5 Å². The predicted octanol–water partition coefficient (Wildman–Crippen LogP) is -2.05. The van der Waals surface area contributed by atoms with Crippen molar-refractivity contribution in [3.63, 3.8) is 0 Å². The molecule has 0 radical (unpaired) electrons. The largest absolute Gasteiger partial charge is 2.00 e. The van der Waals surface area contributed by atoms with Gasteiger partial charge in [-0.2, -0.15) is 0 Å². The van der Waals surface area contributed by atoms with Crippen LogP contribution < -0.4 is 17.5 Å². The molecule has 4 heteroatoms. The topological polar surface area (TPSA) is 40.1 Å². The molecule has 0 aromatic carbocycles. The van der Waals surface area contributed by atoms with Gasteiger partial charge in [0, 0.05) is 5.97 Å². The summed E-state index contributed by atoms with van der Waals surface area (Å²) in [6, 6.07) is 0. The van der Waals surface area contributed by atoms with Crippen molar-refractivity contribution < 1.29 is 44.0 Å². The number of halogens is 1. The molecule has 0 aromatic rings. The molecule has 12 heavy (non-hydrogen) atoms. The first-order chi connectivity index (χ1) is 4.72. The number of carbonyl (C=O) groups is 1. The van der Waals surface area contributed by atoms with Crippen molar-refractivity contribution >= 4 is 5.97 Å². The van der Waals surface area contributed by atoms with Crippen molar-refractivity contribution in [2.45, 2.75) is 39.5 Å². The van der Waals surface area contributed by atoms with Gasteiger partial charge in [-0.15, -0.1) is 0 Å². The standard InChI is InChI=1S/C8H16O2.ClH.Ti/c1-3-5-6-7(4-2)8(9)10;;/h7H,3-6H2,1-2H3,(H,9,10);1H;/q;;+2/p-2. The van der Waals surface area contributed by atoms with Crippen LogP contribution in [0.25, 0.3) is 0 Å². The molecule has 0 aromatic heterocycles. The minimum Gasteiger partial charge on any atom is -1.00 e. The molecule has 0 bridgehead atoms. The summed E-state index contributed by atoms with van der Waals surface area (Å²) in [5, 5.41) is 10.3. The summed E-state index contributed by atoms with van der Waals surface area (Å²) in [6.07, 6.45) is 3.52. The maximum absolute atomic E-state index is 10.3. The molecule has 0 spiro atoms. The Morgan fingerprint density at radius 1 is 1.42 bits per heavy atom. The van der Waals surface area contributed by atoms with Crippen molar-refractivity contribution in [2.24, 2.45) is 5.92 Å². The number of carbonyl (C=O) groups excluding carboxylic acids is 1. The molecule has 0 N–H and O–H groups in total. The Labute approximate surface area is 95.4 Å². The van der Waals surface area contributed by atoms with Crippen LogP contribution >= 0.6 is 0 Å². The molecule has 0 heterocycles. The Hall–Kier alpha value is 0.474. The van der Waals surface area contributed by atoms with Gasteiger partial charge in [-0.05, 0) is 18.8 Å². The van der Waals surface area contributed by atoms with Gasteiger partial charge in [0.1, 0.15) is 0 Å². The van der Waals surface area contributed by atoms with Crippen molar-refractivity contribution in [3.05, 3.63) is 0 Å². The van der Waals surface area contributed by atoms with Gasteiger partial charge in [-0.1, -0.05) is 26.7 Å². The number of aliphatic carboxylic acids is 1. The van der Waals surface area contributed by atoms with Gasteiger partial charge in [0.05, 0.1) is 0 Å². The fraction of sp³-hybridized carbons (Fsp3) is 0.875. The molecule has 0 rings (SSSR count). The molecule has 0 aliphatic heterocycles. The van der Waals surface area contributed by atoms with Crippen molar-refractivity contribution in [3.8, 4) is 0 Å². The average molecular weight is 227 g/mol. The number of carboxylic acids is 1. The Morgan fingerprint density at radius 3 is 2.17 bits per heavy atom. The van der Waals surface area contributed by atoms with Crippen LogP contribution in [0.4, 0.5) is 0 Å². The van der Waals surface area contributed by atoms with E-state index in [-0.39, 0.29) is 40.0 Å². The van der Waals surface area contributed by atoms with Gasteiger partial charge in [0.2, 0.25) is 0 Å². The second-order valence-corrected chi connectivity index (χ2v) is 2.57. The summed E-state index contributed by atoms with van der Waals surface area (Å²) in [6.45, 7) is 3.94. The minimum atomic E-state index is -0.893. The van der Waals surface area contributed by atoms with E-state index in [0.29, 0.717) is 6.42 Å². The molecular formula is C8H15ClO2Ti. The van der Waals surface area contributed by atoms with Crippen LogP contribution in [0.2, 0.25) is 0 Å². The quantitative estimate of drug-likeness (QED) is 0.507. The van der Waals surface area contributed by atoms with E-state index >= 15 is 0 Å². The van der Waals surface area contributed by atoms with Crippen molar-refractivity contribution in [1.82, 2.24) is 0 Å². The van der Waals surface area contributed by atoms with E-state index in [9.17, 15) is 9.90 Å². The summed E-state index contributed by atoms with van der Waals surface area (Å²) < 4.78 is 0. The van der Waals surface area contributed by atoms with E-state index in [1.807, 2.05) is 6.92 Å². The van der Waals surface area contributed by atoms with Gasteiger partial charge in [-0.25, -0.2) is 0 Å². The SMILES string of the molecule is CCCCC(CC)C(=O)[O-].[Cl-].[Ti+2]. The molecule has 0 aliphatic rings. The van der Waals surface area contributed by atoms with Crippen LogP contribution in [-0.4, -0.2) is 5.97 Å². The van der Waals surface area contributed by atoms with Crippen LogP contribution in [0.5, 0.6) is 0 Å². The fourth-order valence-corrected chi connectivity index (χ4v) is 0.939. The molecule has 2 nitrogen and oxygen atoms in total. The zero-order chi connectivity index (χ0) is 7.98. The Bertz CT molecular complexity index is 109. The summed E-state index contributed by atoms with van der Waals surface area (Å²) in [4.78, 5) is 10.3. The molecular weight excluding hydrogens is 211 g/mol. The molecule has 70 valence electrons. The smallest absolute Gasteiger partial charge is 1.00 e. The van der Waals surface area contributed by atoms with Crippen LogP contribution in [0.3, 0.4) is 0 Å². The summed E-state index contributed by atoms with van der Waals surface area (Å²) >= 11 is 0. The first-order valence-electron chi connectivity index (χ1n) is 3.93. The Morgan fingerprint density at radius 2 is 1.92 bits per heavy atom. The predicted molar refractivity (Wildman–Crippen MR) is 38.3 cm³/mol. The summed E-state index contributed by atoms with van der Waals surface area (Å²) in [7, 11) is 0. The second-order valence-electron chi connectivity index (χ2n) is 2.57. The van der Waals surface area contributed by atoms with E-state index in [1.165, 1.54) is 0 Å². The molecule has 1 atom stereocenters. The minimum absolute atomic E-state index is 0. The first-order valence-corrected chi connectivity index (χ1v) is 3.93. The number of rotatable bonds is 5. The number of hydrogen-bond donors (Lipinski definition) is 0. The molecule has 0 fully saturated rings. The normalized spacial score (nSPS) is 10.8. The van der Waals surface area contributed by atoms with Crippen molar-refractivity contribution in [1.29, 1.82) is 0 Å². The molecule has 0 saturated heterocycles. The van der Waals surface area contributed by atoms with E-state index in [4.69, 9.17) is 0 Å². The van der Waals surface area contributed by atoms with Crippen molar-refractivity contribution in [2.75, 3.05) is 0 Å². The zero-order valence-corrected chi connectivity index (χ0v) is 9.92. The monoisotopic (exact) mass is 226 g/mol. The Kier molecular flexibility index (Phi) is 17.5. The molecule has 1 unspecified atom stereocenters. The number of carboxylic acid groups (broad SMARTS) is 1. The van der Waals surface area contributed by atoms with Gasteiger partial charge in [0.25, 0.3) is 0 Å². The maximum atomic E-state index is 10.3. The number of unbranched alkanes of at least 4 members (excludes halogenated alkanes) is 1. The molecule has 0 amide bonds.